The van der Waals surface area contributed by atoms with Crippen LogP contribution in [0.15, 0.2) is 59.6 Å². The van der Waals surface area contributed by atoms with Crippen molar-refractivity contribution < 1.29 is 4.74 Å². The zero-order valence-electron chi connectivity index (χ0n) is 10.6. The smallest absolute Gasteiger partial charge is 0.129 e. The van der Waals surface area contributed by atoms with E-state index in [0.29, 0.717) is 5.92 Å². The van der Waals surface area contributed by atoms with E-state index in [2.05, 4.69) is 4.99 Å². The number of aliphatic imine (C=N–C) groups is 1. The van der Waals surface area contributed by atoms with Crippen LogP contribution in [0.25, 0.3) is 0 Å². The maximum Gasteiger partial charge on any atom is 0.129 e. The van der Waals surface area contributed by atoms with Crippen molar-refractivity contribution >= 4 is 11.5 Å². The zero-order valence-corrected chi connectivity index (χ0v) is 10.6. The molecule has 0 unspecified atom stereocenters. The van der Waals surface area contributed by atoms with Crippen molar-refractivity contribution in [1.82, 2.24) is 0 Å². The lowest BCUT2D eigenvalue weighted by atomic mass is 10.3. The topological polar surface area (TPSA) is 47.6 Å². The molecule has 0 aliphatic heterocycles. The van der Waals surface area contributed by atoms with Gasteiger partial charge in [-0.25, -0.2) is 4.99 Å². The number of nitrogens with zero attached hydrogens (tertiary/aromatic N) is 1. The molecule has 2 N–H and O–H groups in total. The molecule has 96 valence electrons. The highest BCUT2D eigenvalue weighted by Crippen LogP contribution is 2.31. The number of hydrogen-bond donors (Lipinski definition) is 1. The molecule has 3 heteroatoms. The van der Waals surface area contributed by atoms with E-state index in [0.717, 1.165) is 35.9 Å². The SMILES string of the molecule is NC(=Nc1cccc(Oc2ccccc2)c1)C1CC1. The van der Waals surface area contributed by atoms with Crippen LogP contribution in [0.2, 0.25) is 0 Å². The lowest BCUT2D eigenvalue weighted by Gasteiger charge is -2.06. The van der Waals surface area contributed by atoms with E-state index in [9.17, 15) is 0 Å². The Kier molecular flexibility index (Phi) is 3.19. The van der Waals surface area contributed by atoms with Crippen molar-refractivity contribution in [2.24, 2.45) is 16.6 Å². The number of benzene rings is 2. The largest absolute Gasteiger partial charge is 0.457 e. The van der Waals surface area contributed by atoms with Gasteiger partial charge in [0.1, 0.15) is 17.3 Å². The predicted octanol–water partition coefficient (Wildman–Crippen LogP) is 3.88. The first kappa shape index (κ1) is 11.8. The highest BCUT2D eigenvalue weighted by Gasteiger charge is 2.25. The molecule has 0 radical (unpaired) electrons. The second-order valence-electron chi connectivity index (χ2n) is 4.72. The van der Waals surface area contributed by atoms with Crippen LogP contribution in [0.5, 0.6) is 11.5 Å². The van der Waals surface area contributed by atoms with Gasteiger partial charge in [0.15, 0.2) is 0 Å². The Hall–Kier alpha value is -2.29. The van der Waals surface area contributed by atoms with Crippen LogP contribution in [-0.4, -0.2) is 5.84 Å². The molecular weight excluding hydrogens is 236 g/mol. The van der Waals surface area contributed by atoms with Crippen LogP contribution in [0.4, 0.5) is 5.69 Å². The van der Waals surface area contributed by atoms with E-state index in [1.807, 2.05) is 54.6 Å². The monoisotopic (exact) mass is 252 g/mol. The van der Waals surface area contributed by atoms with Gasteiger partial charge in [0.05, 0.1) is 5.69 Å². The summed E-state index contributed by atoms with van der Waals surface area (Å²) in [7, 11) is 0. The Labute approximate surface area is 112 Å². The second kappa shape index (κ2) is 5.14. The van der Waals surface area contributed by atoms with Crippen LogP contribution in [-0.2, 0) is 0 Å². The number of hydrogen-bond acceptors (Lipinski definition) is 2. The molecule has 0 saturated heterocycles. The summed E-state index contributed by atoms with van der Waals surface area (Å²) in [4.78, 5) is 4.44. The van der Waals surface area contributed by atoms with Gasteiger partial charge in [-0.05, 0) is 37.1 Å². The third-order valence-corrected chi connectivity index (χ3v) is 3.05. The summed E-state index contributed by atoms with van der Waals surface area (Å²) in [5.41, 5.74) is 6.77. The van der Waals surface area contributed by atoms with Crippen LogP contribution in [0.3, 0.4) is 0 Å². The zero-order chi connectivity index (χ0) is 13.1. The molecule has 3 rings (SSSR count). The average Bonchev–Trinajstić information content (AvgIpc) is 3.24. The molecule has 2 aromatic carbocycles. The van der Waals surface area contributed by atoms with E-state index in [-0.39, 0.29) is 0 Å². The standard InChI is InChI=1S/C16H16N2O/c17-16(12-9-10-12)18-13-5-4-8-15(11-13)19-14-6-2-1-3-7-14/h1-8,11-12H,9-10H2,(H2,17,18). The van der Waals surface area contributed by atoms with Crippen LogP contribution < -0.4 is 10.5 Å². The van der Waals surface area contributed by atoms with Gasteiger partial charge < -0.3 is 10.5 Å². The lowest BCUT2D eigenvalue weighted by Crippen LogP contribution is -2.12. The number of amidine groups is 1. The molecule has 1 aliphatic rings. The molecule has 0 spiro atoms. The Morgan fingerprint density at radius 1 is 1.00 bits per heavy atom. The van der Waals surface area contributed by atoms with Gasteiger partial charge in [0.25, 0.3) is 0 Å². The third-order valence-electron chi connectivity index (χ3n) is 3.05. The van der Waals surface area contributed by atoms with Crippen molar-refractivity contribution in [2.45, 2.75) is 12.8 Å². The van der Waals surface area contributed by atoms with Crippen LogP contribution >= 0.6 is 0 Å². The Balaban J connectivity index is 1.78. The molecule has 0 heterocycles. The van der Waals surface area contributed by atoms with E-state index in [1.54, 1.807) is 0 Å². The van der Waals surface area contributed by atoms with Crippen LogP contribution in [0, 0.1) is 5.92 Å². The first-order chi connectivity index (χ1) is 9.31. The molecule has 1 aliphatic carbocycles. The molecule has 0 atom stereocenters. The number of nitrogens with two attached hydrogens (primary N) is 1. The van der Waals surface area contributed by atoms with Gasteiger partial charge in [-0.2, -0.15) is 0 Å². The summed E-state index contributed by atoms with van der Waals surface area (Å²) in [6.07, 6.45) is 2.32. The van der Waals surface area contributed by atoms with Crippen molar-refractivity contribution in [3.8, 4) is 11.5 Å². The van der Waals surface area contributed by atoms with Gasteiger partial charge >= 0.3 is 0 Å². The van der Waals surface area contributed by atoms with Gasteiger partial charge in [0, 0.05) is 12.0 Å². The molecule has 0 amide bonds. The summed E-state index contributed by atoms with van der Waals surface area (Å²) in [5, 5.41) is 0. The summed E-state index contributed by atoms with van der Waals surface area (Å²) in [6.45, 7) is 0. The summed E-state index contributed by atoms with van der Waals surface area (Å²) < 4.78 is 5.77. The maximum absolute atomic E-state index is 5.92. The molecule has 0 aromatic heterocycles. The number of para-hydroxylation sites is 1. The van der Waals surface area contributed by atoms with Crippen molar-refractivity contribution in [3.05, 3.63) is 54.6 Å². The summed E-state index contributed by atoms with van der Waals surface area (Å²) in [6, 6.07) is 17.4. The number of rotatable bonds is 4. The fraction of sp³-hybridized carbons (Fsp3) is 0.188. The first-order valence-corrected chi connectivity index (χ1v) is 6.48. The minimum absolute atomic E-state index is 0.485. The van der Waals surface area contributed by atoms with E-state index in [4.69, 9.17) is 10.5 Å². The summed E-state index contributed by atoms with van der Waals surface area (Å²) >= 11 is 0. The highest BCUT2D eigenvalue weighted by molar-refractivity contribution is 5.87. The normalized spacial score (nSPS) is 15.3. The van der Waals surface area contributed by atoms with E-state index >= 15 is 0 Å². The van der Waals surface area contributed by atoms with Crippen molar-refractivity contribution in [1.29, 1.82) is 0 Å². The minimum atomic E-state index is 0.485. The minimum Gasteiger partial charge on any atom is -0.457 e. The van der Waals surface area contributed by atoms with E-state index < -0.39 is 0 Å². The fourth-order valence-electron chi connectivity index (χ4n) is 1.86. The Morgan fingerprint density at radius 2 is 1.74 bits per heavy atom. The number of ether oxygens (including phenoxy) is 1. The third kappa shape index (κ3) is 3.13. The van der Waals surface area contributed by atoms with Gasteiger partial charge in [-0.1, -0.05) is 24.3 Å². The molecule has 3 nitrogen and oxygen atoms in total. The predicted molar refractivity (Wildman–Crippen MR) is 77.0 cm³/mol. The summed E-state index contributed by atoms with van der Waals surface area (Å²) in [5.74, 6) is 2.81. The molecular formula is C16H16N2O. The van der Waals surface area contributed by atoms with Crippen molar-refractivity contribution in [2.75, 3.05) is 0 Å². The van der Waals surface area contributed by atoms with Gasteiger partial charge in [-0.3, -0.25) is 0 Å². The molecule has 1 fully saturated rings. The average molecular weight is 252 g/mol. The van der Waals surface area contributed by atoms with E-state index in [1.165, 1.54) is 0 Å². The molecule has 0 bridgehead atoms. The van der Waals surface area contributed by atoms with Gasteiger partial charge in [-0.15, -0.1) is 0 Å². The van der Waals surface area contributed by atoms with Crippen LogP contribution in [0.1, 0.15) is 12.8 Å². The highest BCUT2D eigenvalue weighted by atomic mass is 16.5. The lowest BCUT2D eigenvalue weighted by molar-refractivity contribution is 0.483. The quantitative estimate of drug-likeness (QED) is 0.663. The second-order valence-corrected chi connectivity index (χ2v) is 4.72. The van der Waals surface area contributed by atoms with Crippen molar-refractivity contribution in [3.63, 3.8) is 0 Å². The maximum atomic E-state index is 5.92. The molecule has 2 aromatic rings. The Morgan fingerprint density at radius 3 is 2.47 bits per heavy atom. The first-order valence-electron chi connectivity index (χ1n) is 6.48. The fourth-order valence-corrected chi connectivity index (χ4v) is 1.86. The molecule has 19 heavy (non-hydrogen) atoms. The van der Waals surface area contributed by atoms with Gasteiger partial charge in [0.2, 0.25) is 0 Å². The molecule has 1 saturated carbocycles. The Bertz CT molecular complexity index is 589.